The van der Waals surface area contributed by atoms with E-state index in [4.69, 9.17) is 0 Å². The predicted octanol–water partition coefficient (Wildman–Crippen LogP) is 5.96. The predicted molar refractivity (Wildman–Crippen MR) is 137 cm³/mol. The summed E-state index contributed by atoms with van der Waals surface area (Å²) in [5.74, 6) is 0.104. The van der Waals surface area contributed by atoms with Gasteiger partial charge in [-0.15, -0.1) is 0 Å². The zero-order valence-corrected chi connectivity index (χ0v) is 20.3. The van der Waals surface area contributed by atoms with Gasteiger partial charge < -0.3 is 10.2 Å². The summed E-state index contributed by atoms with van der Waals surface area (Å²) in [5, 5.41) is 3.19. The van der Waals surface area contributed by atoms with Gasteiger partial charge in [0.2, 0.25) is 5.91 Å². The number of likely N-dealkylation sites (tertiary alicyclic amines) is 1. The molecule has 0 bridgehead atoms. The van der Waals surface area contributed by atoms with Gasteiger partial charge in [-0.2, -0.15) is 0 Å². The van der Waals surface area contributed by atoms with Gasteiger partial charge in [0, 0.05) is 6.54 Å². The zero-order valence-electron chi connectivity index (χ0n) is 20.3. The Morgan fingerprint density at radius 1 is 0.882 bits per heavy atom. The second kappa shape index (κ2) is 11.4. The molecule has 1 amide bonds. The molecule has 1 aliphatic rings. The van der Waals surface area contributed by atoms with E-state index in [0.29, 0.717) is 12.5 Å². The van der Waals surface area contributed by atoms with E-state index in [9.17, 15) is 9.18 Å². The number of rotatable bonds is 8. The Bertz CT molecular complexity index is 1010. The summed E-state index contributed by atoms with van der Waals surface area (Å²) >= 11 is 0. The maximum Gasteiger partial charge on any atom is 0.232 e. The number of aryl methyl sites for hydroxylation is 2. The fraction of sp³-hybridized carbons (Fsp3) is 0.367. The number of piperidine rings is 1. The van der Waals surface area contributed by atoms with Crippen LogP contribution in [0.25, 0.3) is 0 Å². The first kappa shape index (κ1) is 24.2. The highest BCUT2D eigenvalue weighted by atomic mass is 19.1. The summed E-state index contributed by atoms with van der Waals surface area (Å²) < 4.78 is 13.2. The molecule has 3 aromatic carbocycles. The van der Waals surface area contributed by atoms with E-state index in [0.717, 1.165) is 50.0 Å². The molecule has 34 heavy (non-hydrogen) atoms. The van der Waals surface area contributed by atoms with Crippen molar-refractivity contribution < 1.29 is 9.18 Å². The van der Waals surface area contributed by atoms with E-state index in [2.05, 4.69) is 72.6 Å². The van der Waals surface area contributed by atoms with E-state index in [-0.39, 0.29) is 17.6 Å². The molecule has 3 aromatic rings. The van der Waals surface area contributed by atoms with Gasteiger partial charge in [0.1, 0.15) is 5.82 Å². The molecule has 0 saturated carbocycles. The Kier molecular flexibility index (Phi) is 8.12. The minimum absolute atomic E-state index is 0.0581. The Labute approximate surface area is 203 Å². The first-order valence-electron chi connectivity index (χ1n) is 12.4. The van der Waals surface area contributed by atoms with Crippen LogP contribution in [0.3, 0.4) is 0 Å². The van der Waals surface area contributed by atoms with Gasteiger partial charge in [-0.3, -0.25) is 4.79 Å². The number of carbonyl (C=O) groups is 1. The average molecular weight is 459 g/mol. The van der Waals surface area contributed by atoms with Gasteiger partial charge in [-0.1, -0.05) is 71.8 Å². The van der Waals surface area contributed by atoms with E-state index in [1.54, 1.807) is 12.1 Å². The van der Waals surface area contributed by atoms with Crippen molar-refractivity contribution in [2.45, 2.75) is 44.9 Å². The zero-order chi connectivity index (χ0) is 23.9. The topological polar surface area (TPSA) is 32.3 Å². The van der Waals surface area contributed by atoms with Crippen LogP contribution >= 0.6 is 0 Å². The summed E-state index contributed by atoms with van der Waals surface area (Å²) in [6.45, 7) is 7.87. The van der Waals surface area contributed by atoms with Crippen molar-refractivity contribution in [1.82, 2.24) is 10.2 Å². The minimum Gasteiger partial charge on any atom is -0.355 e. The highest BCUT2D eigenvalue weighted by Gasteiger charge is 2.23. The number of amides is 1. The van der Waals surface area contributed by atoms with E-state index in [1.165, 1.54) is 16.7 Å². The van der Waals surface area contributed by atoms with Crippen molar-refractivity contribution in [3.8, 4) is 0 Å². The molecule has 0 radical (unpaired) electrons. The Morgan fingerprint density at radius 3 is 1.94 bits per heavy atom. The van der Waals surface area contributed by atoms with Crippen LogP contribution in [0.2, 0.25) is 0 Å². The van der Waals surface area contributed by atoms with Crippen LogP contribution < -0.4 is 5.32 Å². The molecule has 1 heterocycles. The Hall–Kier alpha value is -2.98. The monoisotopic (exact) mass is 458 g/mol. The fourth-order valence-electron chi connectivity index (χ4n) is 4.85. The van der Waals surface area contributed by atoms with Gasteiger partial charge in [-0.05, 0) is 87.5 Å². The second-order valence-corrected chi connectivity index (χ2v) is 9.57. The van der Waals surface area contributed by atoms with Crippen LogP contribution in [-0.2, 0) is 4.79 Å². The van der Waals surface area contributed by atoms with Crippen LogP contribution in [0, 0.1) is 19.7 Å². The van der Waals surface area contributed by atoms with Crippen LogP contribution in [0.5, 0.6) is 0 Å². The maximum atomic E-state index is 13.2. The van der Waals surface area contributed by atoms with Crippen molar-refractivity contribution in [3.05, 3.63) is 106 Å². The molecule has 4 rings (SSSR count). The molecule has 1 aliphatic heterocycles. The van der Waals surface area contributed by atoms with Gasteiger partial charge >= 0.3 is 0 Å². The van der Waals surface area contributed by atoms with Gasteiger partial charge in [0.05, 0.1) is 5.92 Å². The molecule has 3 nitrogen and oxygen atoms in total. The Morgan fingerprint density at radius 2 is 1.41 bits per heavy atom. The number of hydrogen-bond donors (Lipinski definition) is 1. The first-order chi connectivity index (χ1) is 16.5. The third-order valence-corrected chi connectivity index (χ3v) is 6.96. The van der Waals surface area contributed by atoms with Crippen molar-refractivity contribution in [2.75, 3.05) is 26.2 Å². The van der Waals surface area contributed by atoms with Crippen LogP contribution in [0.15, 0.2) is 72.8 Å². The molecule has 0 unspecified atom stereocenters. The molecule has 4 heteroatoms. The molecule has 178 valence electrons. The highest BCUT2D eigenvalue weighted by molar-refractivity contribution is 5.87. The van der Waals surface area contributed by atoms with Crippen LogP contribution in [0.1, 0.15) is 58.9 Å². The maximum absolute atomic E-state index is 13.2. The van der Waals surface area contributed by atoms with E-state index >= 15 is 0 Å². The summed E-state index contributed by atoms with van der Waals surface area (Å²) in [6.07, 6.45) is 3.13. The number of halogens is 1. The number of carbonyl (C=O) groups excluding carboxylic acids is 1. The molecule has 0 aromatic heterocycles. The number of hydrogen-bond acceptors (Lipinski definition) is 2. The lowest BCUT2D eigenvalue weighted by atomic mass is 9.89. The molecule has 1 fully saturated rings. The summed E-state index contributed by atoms with van der Waals surface area (Å²) in [4.78, 5) is 15.7. The largest absolute Gasteiger partial charge is 0.355 e. The van der Waals surface area contributed by atoms with Crippen molar-refractivity contribution in [2.24, 2.45) is 0 Å². The SMILES string of the molecule is Cc1ccc(C(C(=O)NCCCN2CCC(c3ccc(F)cc3)CC2)c2ccc(C)cc2)cc1. The van der Waals surface area contributed by atoms with E-state index < -0.39 is 0 Å². The fourth-order valence-corrected chi connectivity index (χ4v) is 4.85. The van der Waals surface area contributed by atoms with Crippen molar-refractivity contribution in [1.29, 1.82) is 0 Å². The molecular weight excluding hydrogens is 423 g/mol. The van der Waals surface area contributed by atoms with Crippen molar-refractivity contribution in [3.63, 3.8) is 0 Å². The lowest BCUT2D eigenvalue weighted by Gasteiger charge is -2.32. The number of benzene rings is 3. The molecular formula is C30H35FN2O. The molecule has 1 saturated heterocycles. The number of nitrogens with zero attached hydrogens (tertiary/aromatic N) is 1. The third-order valence-electron chi connectivity index (χ3n) is 6.96. The van der Waals surface area contributed by atoms with Crippen LogP contribution in [0.4, 0.5) is 4.39 Å². The number of nitrogens with one attached hydrogen (secondary N) is 1. The van der Waals surface area contributed by atoms with Crippen molar-refractivity contribution >= 4 is 5.91 Å². The summed E-state index contributed by atoms with van der Waals surface area (Å²) in [6, 6.07) is 23.5. The van der Waals surface area contributed by atoms with Gasteiger partial charge in [0.15, 0.2) is 0 Å². The lowest BCUT2D eigenvalue weighted by Crippen LogP contribution is -2.36. The smallest absolute Gasteiger partial charge is 0.232 e. The molecule has 0 aliphatic carbocycles. The molecule has 0 spiro atoms. The lowest BCUT2D eigenvalue weighted by molar-refractivity contribution is -0.121. The van der Waals surface area contributed by atoms with Gasteiger partial charge in [-0.25, -0.2) is 4.39 Å². The second-order valence-electron chi connectivity index (χ2n) is 9.57. The molecule has 0 atom stereocenters. The normalized spacial score (nSPS) is 14.9. The third kappa shape index (κ3) is 6.32. The first-order valence-corrected chi connectivity index (χ1v) is 12.4. The standard InChI is InChI=1S/C30H35FN2O/c1-22-4-8-26(9-5-22)29(27-10-6-23(2)7-11-27)30(34)32-18-3-19-33-20-16-25(17-21-33)24-12-14-28(31)15-13-24/h4-15,25,29H,3,16-21H2,1-2H3,(H,32,34). The van der Waals surface area contributed by atoms with Gasteiger partial charge in [0.25, 0.3) is 0 Å². The average Bonchev–Trinajstić information content (AvgIpc) is 2.85. The molecule has 1 N–H and O–H groups in total. The summed E-state index contributed by atoms with van der Waals surface area (Å²) in [5.41, 5.74) is 5.67. The highest BCUT2D eigenvalue weighted by Crippen LogP contribution is 2.28. The quantitative estimate of drug-likeness (QED) is 0.423. The summed E-state index contributed by atoms with van der Waals surface area (Å²) in [7, 11) is 0. The van der Waals surface area contributed by atoms with E-state index in [1.807, 2.05) is 12.1 Å². The Balaban J connectivity index is 1.27. The van der Waals surface area contributed by atoms with Crippen LogP contribution in [-0.4, -0.2) is 37.0 Å². The minimum atomic E-state index is -0.298.